The molecule has 0 aliphatic heterocycles. The summed E-state index contributed by atoms with van der Waals surface area (Å²) >= 11 is 0. The van der Waals surface area contributed by atoms with Gasteiger partial charge < -0.3 is 5.11 Å². The molecule has 0 aromatic carbocycles. The summed E-state index contributed by atoms with van der Waals surface area (Å²) in [7, 11) is 0. The van der Waals surface area contributed by atoms with Crippen LogP contribution in [-0.2, 0) is 14.4 Å². The van der Waals surface area contributed by atoms with Gasteiger partial charge in [0.1, 0.15) is 11.6 Å². The zero-order chi connectivity index (χ0) is 21.8. The summed E-state index contributed by atoms with van der Waals surface area (Å²) in [6.07, 6.45) is 8.61. The average molecular weight is 417 g/mol. The molecule has 168 valence electrons. The van der Waals surface area contributed by atoms with E-state index >= 15 is 0 Å². The Bertz CT molecular complexity index is 729. The average Bonchev–Trinajstić information content (AvgIpc) is 3.05. The molecule has 4 fully saturated rings. The molecule has 3 unspecified atom stereocenters. The Morgan fingerprint density at radius 1 is 1.07 bits per heavy atom. The van der Waals surface area contributed by atoms with Gasteiger partial charge >= 0.3 is 5.97 Å². The van der Waals surface area contributed by atoms with Crippen molar-refractivity contribution in [2.24, 2.45) is 52.3 Å². The van der Waals surface area contributed by atoms with Crippen LogP contribution in [0.25, 0.3) is 0 Å². The molecule has 0 heterocycles. The maximum Gasteiger partial charge on any atom is 0.303 e. The van der Waals surface area contributed by atoms with Crippen molar-refractivity contribution in [1.82, 2.24) is 0 Å². The largest absolute Gasteiger partial charge is 0.481 e. The quantitative estimate of drug-likeness (QED) is 0.639. The number of ketones is 2. The molecule has 30 heavy (non-hydrogen) atoms. The molecule has 0 amide bonds. The second-order valence-electron chi connectivity index (χ2n) is 11.6. The molecule has 4 saturated carbocycles. The van der Waals surface area contributed by atoms with E-state index in [0.29, 0.717) is 48.1 Å². The number of Topliss-reactive ketones (excluding diaryl/α,β-unsaturated/α-hetero) is 2. The van der Waals surface area contributed by atoms with Crippen molar-refractivity contribution in [1.29, 1.82) is 0 Å². The molecule has 0 aromatic heterocycles. The van der Waals surface area contributed by atoms with Gasteiger partial charge in [-0.25, -0.2) is 0 Å². The lowest BCUT2D eigenvalue weighted by atomic mass is 9.42. The van der Waals surface area contributed by atoms with Gasteiger partial charge in [-0.3, -0.25) is 14.4 Å². The predicted molar refractivity (Wildman–Crippen MR) is 116 cm³/mol. The number of hydrogen-bond acceptors (Lipinski definition) is 3. The topological polar surface area (TPSA) is 71.4 Å². The third kappa shape index (κ3) is 3.19. The van der Waals surface area contributed by atoms with Crippen LogP contribution >= 0.6 is 0 Å². The molecule has 4 heteroatoms. The van der Waals surface area contributed by atoms with Crippen LogP contribution in [0.4, 0.5) is 0 Å². The number of aliphatic carboxylic acids is 1. The fourth-order valence-corrected chi connectivity index (χ4v) is 8.97. The highest BCUT2D eigenvalue weighted by Gasteiger charge is 2.65. The number of carbonyl (C=O) groups excluding carboxylic acids is 2. The Balaban J connectivity index is 1.63. The molecular weight excluding hydrogens is 376 g/mol. The van der Waals surface area contributed by atoms with Crippen LogP contribution in [0.2, 0.25) is 0 Å². The Labute approximate surface area is 181 Å². The van der Waals surface area contributed by atoms with Gasteiger partial charge in [-0.1, -0.05) is 27.7 Å². The molecule has 0 bridgehead atoms. The van der Waals surface area contributed by atoms with E-state index in [0.717, 1.165) is 44.9 Å². The van der Waals surface area contributed by atoms with Crippen molar-refractivity contribution < 1.29 is 19.5 Å². The highest BCUT2D eigenvalue weighted by molar-refractivity contribution is 5.88. The lowest BCUT2D eigenvalue weighted by Gasteiger charge is -2.61. The molecule has 4 rings (SSSR count). The number of carboxylic acids is 1. The zero-order valence-corrected chi connectivity index (χ0v) is 19.3. The molecule has 0 saturated heterocycles. The van der Waals surface area contributed by atoms with E-state index in [4.69, 9.17) is 5.11 Å². The van der Waals surface area contributed by atoms with Gasteiger partial charge in [0.05, 0.1) is 0 Å². The first-order valence-corrected chi connectivity index (χ1v) is 12.4. The lowest BCUT2D eigenvalue weighted by Crippen LogP contribution is -2.60. The zero-order valence-electron chi connectivity index (χ0n) is 19.3. The van der Waals surface area contributed by atoms with E-state index in [-0.39, 0.29) is 35.0 Å². The van der Waals surface area contributed by atoms with Crippen LogP contribution in [0.5, 0.6) is 0 Å². The summed E-state index contributed by atoms with van der Waals surface area (Å²) in [6, 6.07) is 0. The lowest BCUT2D eigenvalue weighted by molar-refractivity contribution is -0.169. The number of rotatable bonds is 5. The third-order valence-corrected chi connectivity index (χ3v) is 10.5. The molecule has 0 spiro atoms. The maximum atomic E-state index is 13.9. The van der Waals surface area contributed by atoms with Crippen LogP contribution < -0.4 is 0 Å². The van der Waals surface area contributed by atoms with Gasteiger partial charge in [0, 0.05) is 31.1 Å². The van der Waals surface area contributed by atoms with Gasteiger partial charge in [-0.15, -0.1) is 0 Å². The monoisotopic (exact) mass is 416 g/mol. The number of carbonyl (C=O) groups is 3. The standard InChI is InChI=1S/C26H40O4/c1-5-17-21-14-16(27)10-12-26(21,4)20-11-13-25(3)18(15(2)6-9-22(28)29)7-8-19(25)23(20)24(17)30/h15,17-21,23H,5-14H2,1-4H3,(H,28,29)/t15-,17-,18-,19?,20?,21+,23?,25-,26-/m1/s1. The highest BCUT2D eigenvalue weighted by Crippen LogP contribution is 2.68. The van der Waals surface area contributed by atoms with Crippen LogP contribution in [0.15, 0.2) is 0 Å². The summed E-state index contributed by atoms with van der Waals surface area (Å²) in [4.78, 5) is 37.3. The third-order valence-electron chi connectivity index (χ3n) is 10.5. The smallest absolute Gasteiger partial charge is 0.303 e. The minimum Gasteiger partial charge on any atom is -0.481 e. The van der Waals surface area contributed by atoms with Crippen molar-refractivity contribution in [3.63, 3.8) is 0 Å². The van der Waals surface area contributed by atoms with Crippen LogP contribution in [-0.4, -0.2) is 22.6 Å². The van der Waals surface area contributed by atoms with Crippen LogP contribution in [0, 0.1) is 52.3 Å². The fraction of sp³-hybridized carbons (Fsp3) is 0.885. The minimum absolute atomic E-state index is 0.0475. The first-order valence-electron chi connectivity index (χ1n) is 12.4. The van der Waals surface area contributed by atoms with Gasteiger partial charge in [0.15, 0.2) is 0 Å². The normalized spacial score (nSPS) is 46.7. The Kier molecular flexibility index (Phi) is 5.68. The predicted octanol–water partition coefficient (Wildman–Crippen LogP) is 5.53. The van der Waals surface area contributed by atoms with E-state index < -0.39 is 5.97 Å². The van der Waals surface area contributed by atoms with E-state index in [2.05, 4.69) is 27.7 Å². The number of hydrogen-bond donors (Lipinski definition) is 1. The van der Waals surface area contributed by atoms with E-state index in [1.54, 1.807) is 0 Å². The second kappa shape index (κ2) is 7.74. The van der Waals surface area contributed by atoms with Gasteiger partial charge in [0.25, 0.3) is 0 Å². The Hall–Kier alpha value is -1.19. The van der Waals surface area contributed by atoms with Crippen molar-refractivity contribution >= 4 is 17.5 Å². The Morgan fingerprint density at radius 3 is 2.43 bits per heavy atom. The minimum atomic E-state index is -0.704. The van der Waals surface area contributed by atoms with Crippen LogP contribution in [0.3, 0.4) is 0 Å². The molecule has 4 aliphatic rings. The summed E-state index contributed by atoms with van der Waals surface area (Å²) in [6.45, 7) is 9.18. The molecule has 9 atom stereocenters. The van der Waals surface area contributed by atoms with Crippen LogP contribution in [0.1, 0.15) is 91.9 Å². The van der Waals surface area contributed by atoms with Crippen molar-refractivity contribution in [3.05, 3.63) is 0 Å². The first-order chi connectivity index (χ1) is 14.1. The molecule has 0 radical (unpaired) electrons. The fourth-order valence-electron chi connectivity index (χ4n) is 8.97. The molecule has 1 N–H and O–H groups in total. The summed E-state index contributed by atoms with van der Waals surface area (Å²) < 4.78 is 0. The van der Waals surface area contributed by atoms with Gasteiger partial charge in [-0.2, -0.15) is 0 Å². The van der Waals surface area contributed by atoms with E-state index in [1.165, 1.54) is 0 Å². The van der Waals surface area contributed by atoms with Gasteiger partial charge in [0.2, 0.25) is 0 Å². The first kappa shape index (κ1) is 22.0. The number of fused-ring (bicyclic) bond motifs is 5. The van der Waals surface area contributed by atoms with Crippen molar-refractivity contribution in [3.8, 4) is 0 Å². The van der Waals surface area contributed by atoms with E-state index in [9.17, 15) is 14.4 Å². The molecule has 4 nitrogen and oxygen atoms in total. The van der Waals surface area contributed by atoms with Crippen molar-refractivity contribution in [2.75, 3.05) is 0 Å². The molecule has 0 aromatic rings. The van der Waals surface area contributed by atoms with E-state index in [1.807, 2.05) is 0 Å². The second-order valence-corrected chi connectivity index (χ2v) is 11.6. The number of carboxylic acid groups (broad SMARTS) is 1. The SMILES string of the molecule is CC[C@H]1C(=O)C2C3CC[C@H]([C@H](C)CCC(=O)O)[C@@]3(C)CCC2[C@@]2(C)CCC(=O)C[C@@H]12. The molecule has 4 aliphatic carbocycles. The highest BCUT2D eigenvalue weighted by atomic mass is 16.4. The van der Waals surface area contributed by atoms with Crippen molar-refractivity contribution in [2.45, 2.75) is 91.9 Å². The summed E-state index contributed by atoms with van der Waals surface area (Å²) in [5.41, 5.74) is 0.280. The summed E-state index contributed by atoms with van der Waals surface area (Å²) in [5.74, 6) is 2.34. The van der Waals surface area contributed by atoms with Gasteiger partial charge in [-0.05, 0) is 85.4 Å². The summed E-state index contributed by atoms with van der Waals surface area (Å²) in [5, 5.41) is 9.14. The maximum absolute atomic E-state index is 13.9. The molecular formula is C26H40O4. The Morgan fingerprint density at radius 2 is 1.77 bits per heavy atom.